The van der Waals surface area contributed by atoms with E-state index in [1.165, 1.54) is 5.56 Å². The zero-order valence-electron chi connectivity index (χ0n) is 8.49. The minimum atomic E-state index is 0.321. The van der Waals surface area contributed by atoms with Crippen LogP contribution in [0.3, 0.4) is 0 Å². The number of nitrogens with zero attached hydrogens (tertiary/aromatic N) is 2. The number of hydrogen-bond acceptors (Lipinski definition) is 2. The Morgan fingerprint density at radius 2 is 2.31 bits per heavy atom. The van der Waals surface area contributed by atoms with E-state index in [9.17, 15) is 0 Å². The van der Waals surface area contributed by atoms with E-state index >= 15 is 0 Å². The average molecular weight is 179 g/mol. The third-order valence-electron chi connectivity index (χ3n) is 2.09. The van der Waals surface area contributed by atoms with E-state index in [0.29, 0.717) is 12.1 Å². The predicted molar refractivity (Wildman–Crippen MR) is 54.4 cm³/mol. The zero-order valence-corrected chi connectivity index (χ0v) is 8.49. The number of nitrogens with one attached hydrogen (secondary N) is 1. The zero-order chi connectivity index (χ0) is 9.84. The van der Waals surface area contributed by atoms with Crippen LogP contribution in [0.15, 0.2) is 25.0 Å². The molecule has 0 aliphatic rings. The number of aryl methyl sites for hydroxylation is 1. The highest BCUT2D eigenvalue weighted by Gasteiger charge is 2.08. The summed E-state index contributed by atoms with van der Waals surface area (Å²) < 4.78 is 1.81. The molecule has 0 aromatic carbocycles. The van der Waals surface area contributed by atoms with Crippen molar-refractivity contribution in [3.05, 3.63) is 30.6 Å². The minimum Gasteiger partial charge on any atom is -0.304 e. The van der Waals surface area contributed by atoms with Crippen LogP contribution >= 0.6 is 0 Å². The molecule has 0 saturated carbocycles. The molecule has 0 bridgehead atoms. The summed E-state index contributed by atoms with van der Waals surface area (Å²) in [6.07, 6.45) is 5.80. The molecule has 1 aromatic heterocycles. The van der Waals surface area contributed by atoms with Crippen molar-refractivity contribution >= 4 is 0 Å². The van der Waals surface area contributed by atoms with Gasteiger partial charge in [0.05, 0.1) is 6.20 Å². The fraction of sp³-hybridized carbons (Fsp3) is 0.500. The van der Waals surface area contributed by atoms with Gasteiger partial charge in [-0.1, -0.05) is 6.08 Å². The third-order valence-corrected chi connectivity index (χ3v) is 2.09. The lowest BCUT2D eigenvalue weighted by Gasteiger charge is -2.15. The van der Waals surface area contributed by atoms with Gasteiger partial charge in [-0.25, -0.2) is 0 Å². The van der Waals surface area contributed by atoms with Gasteiger partial charge in [0, 0.05) is 30.9 Å². The van der Waals surface area contributed by atoms with Crippen molar-refractivity contribution in [2.75, 3.05) is 0 Å². The lowest BCUT2D eigenvalue weighted by molar-refractivity contribution is 0.537. The summed E-state index contributed by atoms with van der Waals surface area (Å²) in [7, 11) is 1.92. The Bertz CT molecular complexity index is 277. The van der Waals surface area contributed by atoms with E-state index in [0.717, 1.165) is 0 Å². The number of rotatable bonds is 4. The molecule has 1 aromatic rings. The molecule has 13 heavy (non-hydrogen) atoms. The van der Waals surface area contributed by atoms with E-state index < -0.39 is 0 Å². The fourth-order valence-corrected chi connectivity index (χ4v) is 1.22. The lowest BCUT2D eigenvalue weighted by Crippen LogP contribution is -2.26. The van der Waals surface area contributed by atoms with Gasteiger partial charge in [0.2, 0.25) is 0 Å². The summed E-state index contributed by atoms with van der Waals surface area (Å²) in [5.41, 5.74) is 1.20. The van der Waals surface area contributed by atoms with Gasteiger partial charge in [-0.15, -0.1) is 6.58 Å². The van der Waals surface area contributed by atoms with Crippen LogP contribution in [0.4, 0.5) is 0 Å². The van der Waals surface area contributed by atoms with Crippen LogP contribution in [0.25, 0.3) is 0 Å². The van der Waals surface area contributed by atoms with Gasteiger partial charge in [-0.05, 0) is 13.8 Å². The van der Waals surface area contributed by atoms with Crippen molar-refractivity contribution < 1.29 is 0 Å². The first-order valence-electron chi connectivity index (χ1n) is 4.50. The van der Waals surface area contributed by atoms with Crippen LogP contribution in [-0.4, -0.2) is 15.8 Å². The van der Waals surface area contributed by atoms with Crippen molar-refractivity contribution in [3.8, 4) is 0 Å². The SMILES string of the molecule is C=CC(C)NC(C)c1cnn(C)c1. The maximum atomic E-state index is 4.12. The first-order valence-corrected chi connectivity index (χ1v) is 4.50. The van der Waals surface area contributed by atoms with Gasteiger partial charge in [0.1, 0.15) is 0 Å². The van der Waals surface area contributed by atoms with Gasteiger partial charge < -0.3 is 5.32 Å². The topological polar surface area (TPSA) is 29.9 Å². The molecule has 0 saturated heterocycles. The van der Waals surface area contributed by atoms with E-state index in [-0.39, 0.29) is 0 Å². The molecule has 72 valence electrons. The standard InChI is InChI=1S/C10H17N3/c1-5-8(2)12-9(3)10-6-11-13(4)7-10/h5-9,12H,1H2,2-4H3. The van der Waals surface area contributed by atoms with Crippen LogP contribution in [0.1, 0.15) is 25.5 Å². The van der Waals surface area contributed by atoms with Gasteiger partial charge in [0.25, 0.3) is 0 Å². The highest BCUT2D eigenvalue weighted by molar-refractivity contribution is 5.09. The molecule has 0 spiro atoms. The quantitative estimate of drug-likeness (QED) is 0.712. The highest BCUT2D eigenvalue weighted by Crippen LogP contribution is 2.10. The number of aromatic nitrogens is 2. The fourth-order valence-electron chi connectivity index (χ4n) is 1.22. The van der Waals surface area contributed by atoms with Crippen molar-refractivity contribution in [2.45, 2.75) is 25.9 Å². The summed E-state index contributed by atoms with van der Waals surface area (Å²) in [5.74, 6) is 0. The second-order valence-corrected chi connectivity index (χ2v) is 3.36. The summed E-state index contributed by atoms with van der Waals surface area (Å²) in [6, 6.07) is 0.650. The monoisotopic (exact) mass is 179 g/mol. The Labute approximate surface area is 79.5 Å². The van der Waals surface area contributed by atoms with E-state index in [4.69, 9.17) is 0 Å². The smallest absolute Gasteiger partial charge is 0.0537 e. The van der Waals surface area contributed by atoms with Gasteiger partial charge in [-0.2, -0.15) is 5.10 Å². The molecule has 1 rings (SSSR count). The van der Waals surface area contributed by atoms with Crippen molar-refractivity contribution in [1.29, 1.82) is 0 Å². The van der Waals surface area contributed by atoms with Crippen LogP contribution in [0.2, 0.25) is 0 Å². The molecule has 0 aliphatic heterocycles. The van der Waals surface area contributed by atoms with Gasteiger partial charge in [0.15, 0.2) is 0 Å². The van der Waals surface area contributed by atoms with Crippen LogP contribution in [0.5, 0.6) is 0 Å². The van der Waals surface area contributed by atoms with Crippen molar-refractivity contribution in [2.24, 2.45) is 7.05 Å². The molecule has 3 heteroatoms. The first kappa shape index (κ1) is 9.99. The van der Waals surface area contributed by atoms with Crippen LogP contribution < -0.4 is 5.32 Å². The Balaban J connectivity index is 2.57. The molecule has 0 aliphatic carbocycles. The summed E-state index contributed by atoms with van der Waals surface area (Å²) in [4.78, 5) is 0. The average Bonchev–Trinajstić information content (AvgIpc) is 2.51. The van der Waals surface area contributed by atoms with E-state index in [1.807, 2.05) is 30.2 Å². The normalized spacial score (nSPS) is 15.3. The van der Waals surface area contributed by atoms with E-state index in [1.54, 1.807) is 0 Å². The van der Waals surface area contributed by atoms with Crippen LogP contribution in [0, 0.1) is 0 Å². The molecular formula is C10H17N3. The number of hydrogen-bond donors (Lipinski definition) is 1. The molecular weight excluding hydrogens is 162 g/mol. The molecule has 3 nitrogen and oxygen atoms in total. The maximum Gasteiger partial charge on any atom is 0.0537 e. The minimum absolute atomic E-state index is 0.321. The van der Waals surface area contributed by atoms with Gasteiger partial charge >= 0.3 is 0 Å². The molecule has 1 N–H and O–H groups in total. The second-order valence-electron chi connectivity index (χ2n) is 3.36. The molecule has 0 amide bonds. The van der Waals surface area contributed by atoms with Crippen LogP contribution in [-0.2, 0) is 7.05 Å². The van der Waals surface area contributed by atoms with Crippen molar-refractivity contribution in [3.63, 3.8) is 0 Å². The molecule has 0 fully saturated rings. The Morgan fingerprint density at radius 1 is 1.62 bits per heavy atom. The molecule has 1 heterocycles. The third kappa shape index (κ3) is 2.70. The first-order chi connectivity index (χ1) is 6.13. The van der Waals surface area contributed by atoms with E-state index in [2.05, 4.69) is 30.8 Å². The molecule has 0 radical (unpaired) electrons. The summed E-state index contributed by atoms with van der Waals surface area (Å²) >= 11 is 0. The lowest BCUT2D eigenvalue weighted by atomic mass is 10.1. The predicted octanol–water partition coefficient (Wildman–Crippen LogP) is 1.65. The maximum absolute atomic E-state index is 4.12. The largest absolute Gasteiger partial charge is 0.304 e. The van der Waals surface area contributed by atoms with Crippen molar-refractivity contribution in [1.82, 2.24) is 15.1 Å². The highest BCUT2D eigenvalue weighted by atomic mass is 15.2. The Morgan fingerprint density at radius 3 is 2.77 bits per heavy atom. The molecule has 2 atom stereocenters. The van der Waals surface area contributed by atoms with Gasteiger partial charge in [-0.3, -0.25) is 4.68 Å². The Kier molecular flexibility index (Phi) is 3.25. The summed E-state index contributed by atoms with van der Waals surface area (Å²) in [6.45, 7) is 7.93. The second kappa shape index (κ2) is 4.23. The molecule has 2 unspecified atom stereocenters. The summed E-state index contributed by atoms with van der Waals surface area (Å²) in [5, 5.41) is 7.51. The Hall–Kier alpha value is -1.09.